The molecule has 1 aromatic rings. The highest BCUT2D eigenvalue weighted by atomic mass is 32.1. The third kappa shape index (κ3) is 2.11. The van der Waals surface area contributed by atoms with Crippen LogP contribution in [0.15, 0.2) is 5.38 Å². The van der Waals surface area contributed by atoms with Crippen molar-refractivity contribution in [2.75, 3.05) is 7.05 Å². The lowest BCUT2D eigenvalue weighted by molar-refractivity contribution is 0.619. The van der Waals surface area contributed by atoms with Gasteiger partial charge in [0.25, 0.3) is 0 Å². The van der Waals surface area contributed by atoms with Crippen molar-refractivity contribution in [2.45, 2.75) is 32.2 Å². The number of nitriles is 1. The summed E-state index contributed by atoms with van der Waals surface area (Å²) in [6.07, 6.45) is 0. The lowest BCUT2D eigenvalue weighted by Crippen LogP contribution is -2.16. The molecule has 1 N–H and O–H groups in total. The minimum atomic E-state index is -0.476. The van der Waals surface area contributed by atoms with Gasteiger partial charge in [-0.25, -0.2) is 4.98 Å². The van der Waals surface area contributed by atoms with Gasteiger partial charge in [0.15, 0.2) is 0 Å². The van der Waals surface area contributed by atoms with Gasteiger partial charge in [0.05, 0.1) is 11.8 Å². The van der Waals surface area contributed by atoms with Crippen molar-refractivity contribution in [1.29, 1.82) is 5.26 Å². The molecule has 0 amide bonds. The molecule has 0 aliphatic rings. The Bertz CT molecular complexity index is 348. The molecule has 0 radical (unpaired) electrons. The molecule has 0 spiro atoms. The molecule has 0 aromatic carbocycles. The molecule has 0 fully saturated rings. The lowest BCUT2D eigenvalue weighted by Gasteiger charge is -2.11. The summed E-state index contributed by atoms with van der Waals surface area (Å²) in [7, 11) is 1.90. The van der Waals surface area contributed by atoms with Crippen LogP contribution in [0.3, 0.4) is 0 Å². The van der Waals surface area contributed by atoms with E-state index in [0.29, 0.717) is 0 Å². The van der Waals surface area contributed by atoms with Gasteiger partial charge in [-0.2, -0.15) is 5.26 Å². The van der Waals surface area contributed by atoms with Crippen molar-refractivity contribution < 1.29 is 0 Å². The highest BCUT2D eigenvalue weighted by Gasteiger charge is 2.24. The molecule has 1 atom stereocenters. The molecular formula is C10H15N3S. The molecule has 0 aliphatic heterocycles. The van der Waals surface area contributed by atoms with Gasteiger partial charge in [-0.3, -0.25) is 0 Å². The zero-order chi connectivity index (χ0) is 10.8. The van der Waals surface area contributed by atoms with Crippen molar-refractivity contribution in [1.82, 2.24) is 10.3 Å². The maximum atomic E-state index is 8.95. The Balaban J connectivity index is 2.95. The lowest BCUT2D eigenvalue weighted by atomic mass is 9.97. The quantitative estimate of drug-likeness (QED) is 0.830. The van der Waals surface area contributed by atoms with Crippen molar-refractivity contribution in [3.05, 3.63) is 16.1 Å². The fraction of sp³-hybridized carbons (Fsp3) is 0.600. The topological polar surface area (TPSA) is 48.7 Å². The summed E-state index contributed by atoms with van der Waals surface area (Å²) in [5.74, 6) is 0. The van der Waals surface area contributed by atoms with Gasteiger partial charge in [-0.1, -0.05) is 0 Å². The van der Waals surface area contributed by atoms with E-state index in [0.717, 1.165) is 10.7 Å². The van der Waals surface area contributed by atoms with Crippen LogP contribution < -0.4 is 5.32 Å². The van der Waals surface area contributed by atoms with Crippen LogP contribution in [0.1, 0.15) is 37.5 Å². The number of hydrogen-bond acceptors (Lipinski definition) is 4. The SMILES string of the molecule is CNC(C)c1csc(C(C)(C)C#N)n1. The van der Waals surface area contributed by atoms with Crippen molar-refractivity contribution >= 4 is 11.3 Å². The molecule has 1 unspecified atom stereocenters. The number of nitrogens with one attached hydrogen (secondary N) is 1. The Morgan fingerprint density at radius 2 is 2.29 bits per heavy atom. The van der Waals surface area contributed by atoms with Gasteiger partial charge in [-0.05, 0) is 27.8 Å². The number of thiazole rings is 1. The zero-order valence-corrected chi connectivity index (χ0v) is 9.77. The van der Waals surface area contributed by atoms with E-state index >= 15 is 0 Å². The Kier molecular flexibility index (Phi) is 3.25. The minimum Gasteiger partial charge on any atom is -0.312 e. The molecule has 14 heavy (non-hydrogen) atoms. The van der Waals surface area contributed by atoms with Crippen LogP contribution in [0.25, 0.3) is 0 Å². The second kappa shape index (κ2) is 4.07. The summed E-state index contributed by atoms with van der Waals surface area (Å²) < 4.78 is 0. The second-order valence-corrected chi connectivity index (χ2v) is 4.68. The predicted molar refractivity (Wildman–Crippen MR) is 58.2 cm³/mol. The normalized spacial score (nSPS) is 13.6. The Labute approximate surface area is 88.8 Å². The van der Waals surface area contributed by atoms with Crippen molar-refractivity contribution in [3.8, 4) is 6.07 Å². The molecule has 0 saturated carbocycles. The summed E-state index contributed by atoms with van der Waals surface area (Å²) in [6, 6.07) is 2.50. The Morgan fingerprint density at radius 1 is 1.64 bits per heavy atom. The summed E-state index contributed by atoms with van der Waals surface area (Å²) in [6.45, 7) is 5.83. The van der Waals surface area contributed by atoms with E-state index in [1.807, 2.05) is 26.3 Å². The number of aromatic nitrogens is 1. The monoisotopic (exact) mass is 209 g/mol. The van der Waals surface area contributed by atoms with Crippen LogP contribution in [0.2, 0.25) is 0 Å². The highest BCUT2D eigenvalue weighted by molar-refractivity contribution is 7.09. The van der Waals surface area contributed by atoms with Gasteiger partial charge < -0.3 is 5.32 Å². The van der Waals surface area contributed by atoms with E-state index < -0.39 is 5.41 Å². The number of nitrogens with zero attached hydrogens (tertiary/aromatic N) is 2. The maximum absolute atomic E-state index is 8.95. The van der Waals surface area contributed by atoms with Gasteiger partial charge in [0.2, 0.25) is 0 Å². The van der Waals surface area contributed by atoms with Crippen LogP contribution in [0.5, 0.6) is 0 Å². The number of hydrogen-bond donors (Lipinski definition) is 1. The third-order valence-corrected chi connectivity index (χ3v) is 3.40. The molecule has 1 rings (SSSR count). The van der Waals surface area contributed by atoms with Gasteiger partial charge >= 0.3 is 0 Å². The van der Waals surface area contributed by atoms with E-state index in [1.165, 1.54) is 0 Å². The molecule has 0 saturated heterocycles. The first-order chi connectivity index (χ1) is 6.51. The van der Waals surface area contributed by atoms with Crippen LogP contribution in [0.4, 0.5) is 0 Å². The highest BCUT2D eigenvalue weighted by Crippen LogP contribution is 2.27. The number of rotatable bonds is 3. The maximum Gasteiger partial charge on any atom is 0.113 e. The first-order valence-corrected chi connectivity index (χ1v) is 5.43. The predicted octanol–water partition coefficient (Wildman–Crippen LogP) is 2.22. The van der Waals surface area contributed by atoms with Crippen LogP contribution >= 0.6 is 11.3 Å². The Morgan fingerprint density at radius 3 is 2.79 bits per heavy atom. The van der Waals surface area contributed by atoms with Gasteiger partial charge in [-0.15, -0.1) is 11.3 Å². The molecule has 4 heteroatoms. The van der Waals surface area contributed by atoms with E-state index in [-0.39, 0.29) is 6.04 Å². The summed E-state index contributed by atoms with van der Waals surface area (Å²) in [5.41, 5.74) is 0.534. The van der Waals surface area contributed by atoms with E-state index in [9.17, 15) is 0 Å². The van der Waals surface area contributed by atoms with Crippen LogP contribution in [-0.4, -0.2) is 12.0 Å². The fourth-order valence-corrected chi connectivity index (χ4v) is 1.96. The fourth-order valence-electron chi connectivity index (χ4n) is 0.968. The average Bonchev–Trinajstić information content (AvgIpc) is 2.66. The molecule has 76 valence electrons. The van der Waals surface area contributed by atoms with Crippen LogP contribution in [-0.2, 0) is 5.41 Å². The van der Waals surface area contributed by atoms with Gasteiger partial charge in [0, 0.05) is 11.4 Å². The third-order valence-electron chi connectivity index (χ3n) is 2.21. The second-order valence-electron chi connectivity index (χ2n) is 3.82. The molecule has 1 aromatic heterocycles. The molecule has 0 aliphatic carbocycles. The van der Waals surface area contributed by atoms with Gasteiger partial charge in [0.1, 0.15) is 10.4 Å². The average molecular weight is 209 g/mol. The van der Waals surface area contributed by atoms with Crippen molar-refractivity contribution in [2.24, 2.45) is 0 Å². The molecular weight excluding hydrogens is 194 g/mol. The summed E-state index contributed by atoms with van der Waals surface area (Å²) in [4.78, 5) is 4.46. The molecule has 3 nitrogen and oxygen atoms in total. The first kappa shape index (κ1) is 11.2. The zero-order valence-electron chi connectivity index (χ0n) is 8.96. The van der Waals surface area contributed by atoms with E-state index in [4.69, 9.17) is 5.26 Å². The Hall–Kier alpha value is -0.920. The largest absolute Gasteiger partial charge is 0.312 e. The smallest absolute Gasteiger partial charge is 0.113 e. The molecule has 1 heterocycles. The summed E-state index contributed by atoms with van der Waals surface area (Å²) >= 11 is 1.55. The van der Waals surface area contributed by atoms with Crippen molar-refractivity contribution in [3.63, 3.8) is 0 Å². The molecule has 0 bridgehead atoms. The van der Waals surface area contributed by atoms with Crippen LogP contribution in [0, 0.1) is 11.3 Å². The first-order valence-electron chi connectivity index (χ1n) is 4.55. The van der Waals surface area contributed by atoms with E-state index in [2.05, 4.69) is 23.3 Å². The van der Waals surface area contributed by atoms with E-state index in [1.54, 1.807) is 11.3 Å². The standard InChI is InChI=1S/C10H15N3S/c1-7(12-4)8-5-14-9(13-8)10(2,3)6-11/h5,7,12H,1-4H3. The summed E-state index contributed by atoms with van der Waals surface area (Å²) in [5, 5.41) is 15.0. The minimum absolute atomic E-state index is 0.245.